The predicted octanol–water partition coefficient (Wildman–Crippen LogP) is 3.64. The number of nitrogens with zero attached hydrogens (tertiary/aromatic N) is 5. The summed E-state index contributed by atoms with van der Waals surface area (Å²) >= 11 is 0. The third kappa shape index (κ3) is 2.19. The maximum Gasteiger partial charge on any atom is 0.272 e. The van der Waals surface area contributed by atoms with E-state index in [4.69, 9.17) is 11.2 Å². The average Bonchev–Trinajstić information content (AvgIpc) is 3.26. The van der Waals surface area contributed by atoms with Gasteiger partial charge in [-0.3, -0.25) is 5.10 Å². The zero-order chi connectivity index (χ0) is 16.5. The molecule has 3 aromatic rings. The molecule has 0 aliphatic carbocycles. The van der Waals surface area contributed by atoms with Crippen LogP contribution in [0, 0.1) is 6.57 Å². The first-order valence-corrected chi connectivity index (χ1v) is 8.02. The van der Waals surface area contributed by atoms with E-state index in [1.807, 2.05) is 18.2 Å². The lowest BCUT2D eigenvalue weighted by Crippen LogP contribution is -2.29. The number of aromatic nitrogens is 4. The summed E-state index contributed by atoms with van der Waals surface area (Å²) in [7, 11) is 0. The van der Waals surface area contributed by atoms with E-state index < -0.39 is 0 Å². The van der Waals surface area contributed by atoms with Crippen molar-refractivity contribution in [3.05, 3.63) is 46.9 Å². The van der Waals surface area contributed by atoms with Gasteiger partial charge in [0.25, 0.3) is 6.04 Å². The van der Waals surface area contributed by atoms with E-state index >= 15 is 0 Å². The Hall–Kier alpha value is -3.01. The Morgan fingerprint density at radius 1 is 1.29 bits per heavy atom. The SMILES string of the molecule is [C-]#[N+]C1C(CCCC)=Nc2[nH]ncc2C1c1cccc2nonc12. The maximum absolute atomic E-state index is 7.76. The summed E-state index contributed by atoms with van der Waals surface area (Å²) < 4.78 is 4.90. The lowest BCUT2D eigenvalue weighted by Gasteiger charge is -2.23. The predicted molar refractivity (Wildman–Crippen MR) is 89.2 cm³/mol. The van der Waals surface area contributed by atoms with E-state index in [2.05, 4.69) is 37.3 Å². The standard InChI is InChI=1S/C17H16N6O/c1-3-4-7-12-16(18-2)14(11-9-19-21-17(11)20-12)10-6-5-8-13-15(10)23-24-22-13/h5-6,8-9,14,16H,3-4,7H2,1H3,(H,19,21). The zero-order valence-corrected chi connectivity index (χ0v) is 13.2. The molecule has 24 heavy (non-hydrogen) atoms. The van der Waals surface area contributed by atoms with Crippen molar-refractivity contribution in [1.29, 1.82) is 0 Å². The highest BCUT2D eigenvalue weighted by molar-refractivity contribution is 5.97. The normalized spacial score (nSPS) is 19.8. The first-order chi connectivity index (χ1) is 11.8. The van der Waals surface area contributed by atoms with Crippen LogP contribution < -0.4 is 0 Å². The number of benzene rings is 1. The largest absolute Gasteiger partial charge is 0.306 e. The number of H-pyrrole nitrogens is 1. The number of nitrogens with one attached hydrogen (secondary N) is 1. The fourth-order valence-corrected chi connectivity index (χ4v) is 3.30. The summed E-state index contributed by atoms with van der Waals surface area (Å²) in [5.41, 5.74) is 4.15. The molecule has 0 spiro atoms. The quantitative estimate of drug-likeness (QED) is 0.744. The molecule has 0 amide bonds. The average molecular weight is 320 g/mol. The van der Waals surface area contributed by atoms with Crippen LogP contribution in [-0.4, -0.2) is 32.3 Å². The number of hydrogen-bond acceptors (Lipinski definition) is 5. The van der Waals surface area contributed by atoms with Crippen LogP contribution in [0.25, 0.3) is 15.9 Å². The van der Waals surface area contributed by atoms with Crippen LogP contribution in [-0.2, 0) is 0 Å². The van der Waals surface area contributed by atoms with Crippen LogP contribution in [0.1, 0.15) is 43.2 Å². The van der Waals surface area contributed by atoms with Crippen molar-refractivity contribution in [3.8, 4) is 0 Å². The van der Waals surface area contributed by atoms with Gasteiger partial charge in [-0.1, -0.05) is 25.5 Å². The Kier molecular flexibility index (Phi) is 3.58. The molecule has 0 fully saturated rings. The van der Waals surface area contributed by atoms with Gasteiger partial charge < -0.3 is 4.85 Å². The molecule has 1 aliphatic heterocycles. The van der Waals surface area contributed by atoms with Crippen molar-refractivity contribution >= 4 is 22.6 Å². The summed E-state index contributed by atoms with van der Waals surface area (Å²) in [6.07, 6.45) is 4.64. The fraction of sp³-hybridized carbons (Fsp3) is 0.353. The summed E-state index contributed by atoms with van der Waals surface area (Å²) in [6, 6.07) is 5.39. The second-order valence-corrected chi connectivity index (χ2v) is 5.91. The van der Waals surface area contributed by atoms with Crippen molar-refractivity contribution in [3.63, 3.8) is 0 Å². The lowest BCUT2D eigenvalue weighted by atomic mass is 9.80. The maximum atomic E-state index is 7.76. The van der Waals surface area contributed by atoms with Crippen molar-refractivity contribution in [2.45, 2.75) is 38.1 Å². The first kappa shape index (κ1) is 14.6. The Morgan fingerprint density at radius 2 is 2.21 bits per heavy atom. The molecule has 7 nitrogen and oxygen atoms in total. The number of rotatable bonds is 4. The van der Waals surface area contributed by atoms with E-state index in [-0.39, 0.29) is 12.0 Å². The number of hydrogen-bond donors (Lipinski definition) is 1. The van der Waals surface area contributed by atoms with Crippen molar-refractivity contribution in [2.75, 3.05) is 0 Å². The van der Waals surface area contributed by atoms with Crippen molar-refractivity contribution < 1.29 is 4.63 Å². The minimum absolute atomic E-state index is 0.170. The molecular weight excluding hydrogens is 304 g/mol. The second-order valence-electron chi connectivity index (χ2n) is 5.91. The highest BCUT2D eigenvalue weighted by Crippen LogP contribution is 2.41. The summed E-state index contributed by atoms with van der Waals surface area (Å²) in [4.78, 5) is 8.57. The highest BCUT2D eigenvalue weighted by Gasteiger charge is 2.41. The van der Waals surface area contributed by atoms with Crippen LogP contribution in [0.15, 0.2) is 34.0 Å². The van der Waals surface area contributed by atoms with Gasteiger partial charge in [0.15, 0.2) is 5.82 Å². The van der Waals surface area contributed by atoms with Gasteiger partial charge in [0, 0.05) is 5.56 Å². The molecule has 1 N–H and O–H groups in total. The third-order valence-electron chi connectivity index (χ3n) is 4.47. The highest BCUT2D eigenvalue weighted by atomic mass is 16.6. The topological polar surface area (TPSA) is 84.3 Å². The summed E-state index contributed by atoms with van der Waals surface area (Å²) in [5.74, 6) is 0.565. The zero-order valence-electron chi connectivity index (χ0n) is 13.2. The lowest BCUT2D eigenvalue weighted by molar-refractivity contribution is 0.315. The van der Waals surface area contributed by atoms with E-state index in [9.17, 15) is 0 Å². The van der Waals surface area contributed by atoms with E-state index in [1.165, 1.54) is 0 Å². The molecule has 0 saturated heterocycles. The molecule has 2 atom stereocenters. The van der Waals surface area contributed by atoms with Gasteiger partial charge in [0.2, 0.25) is 0 Å². The Labute approximate surface area is 138 Å². The molecule has 2 aromatic heterocycles. The Bertz CT molecular complexity index is 947. The van der Waals surface area contributed by atoms with Crippen LogP contribution in [0.4, 0.5) is 5.82 Å². The molecule has 7 heteroatoms. The molecule has 0 radical (unpaired) electrons. The molecule has 0 saturated carbocycles. The van der Waals surface area contributed by atoms with Crippen molar-refractivity contribution in [2.24, 2.45) is 4.99 Å². The fourth-order valence-electron chi connectivity index (χ4n) is 3.30. The Balaban J connectivity index is 1.89. The monoisotopic (exact) mass is 320 g/mol. The van der Waals surface area contributed by atoms with Crippen LogP contribution in [0.5, 0.6) is 0 Å². The van der Waals surface area contributed by atoms with Crippen LogP contribution in [0.3, 0.4) is 0 Å². The smallest absolute Gasteiger partial charge is 0.272 e. The number of unbranched alkanes of at least 4 members (excludes halogenated alkanes) is 1. The van der Waals surface area contributed by atoms with Gasteiger partial charge in [-0.15, -0.1) is 0 Å². The van der Waals surface area contributed by atoms with E-state index in [0.29, 0.717) is 11.0 Å². The Morgan fingerprint density at radius 3 is 3.04 bits per heavy atom. The number of aliphatic imine (C=N–C) groups is 1. The van der Waals surface area contributed by atoms with Crippen molar-refractivity contribution in [1.82, 2.24) is 20.5 Å². The van der Waals surface area contributed by atoms with Gasteiger partial charge >= 0.3 is 0 Å². The second kappa shape index (κ2) is 5.89. The molecule has 0 bridgehead atoms. The first-order valence-electron chi connectivity index (χ1n) is 8.02. The van der Waals surface area contributed by atoms with Crippen LogP contribution >= 0.6 is 0 Å². The molecule has 4 rings (SSSR count). The van der Waals surface area contributed by atoms with E-state index in [0.717, 1.165) is 41.9 Å². The van der Waals surface area contributed by atoms with E-state index in [1.54, 1.807) is 6.20 Å². The molecule has 1 aliphatic rings. The molecule has 3 heterocycles. The van der Waals surface area contributed by atoms with Gasteiger partial charge in [0.1, 0.15) is 16.7 Å². The summed E-state index contributed by atoms with van der Waals surface area (Å²) in [6.45, 7) is 9.90. The molecule has 2 unspecified atom stereocenters. The third-order valence-corrected chi connectivity index (χ3v) is 4.47. The molecular formula is C17H16N6O. The minimum Gasteiger partial charge on any atom is -0.306 e. The number of fused-ring (bicyclic) bond motifs is 2. The van der Waals surface area contributed by atoms with Gasteiger partial charge in [0.05, 0.1) is 12.1 Å². The van der Waals surface area contributed by atoms with Gasteiger partial charge in [-0.05, 0) is 34.8 Å². The van der Waals surface area contributed by atoms with Gasteiger partial charge in [-0.2, -0.15) is 5.10 Å². The molecule has 1 aromatic carbocycles. The van der Waals surface area contributed by atoms with Crippen LogP contribution in [0.2, 0.25) is 0 Å². The molecule has 120 valence electrons. The number of aromatic amines is 1. The van der Waals surface area contributed by atoms with Gasteiger partial charge in [-0.25, -0.2) is 16.2 Å². The minimum atomic E-state index is -0.357. The summed E-state index contributed by atoms with van der Waals surface area (Å²) in [5, 5.41) is 15.1.